The van der Waals surface area contributed by atoms with Crippen LogP contribution in [-0.2, 0) is 0 Å². The van der Waals surface area contributed by atoms with Gasteiger partial charge in [-0.05, 0) is 31.0 Å². The van der Waals surface area contributed by atoms with Gasteiger partial charge in [0.15, 0.2) is 0 Å². The van der Waals surface area contributed by atoms with Crippen molar-refractivity contribution in [2.45, 2.75) is 18.9 Å². The number of rotatable bonds is 4. The number of anilines is 2. The first kappa shape index (κ1) is 11.7. The van der Waals surface area contributed by atoms with Crippen LogP contribution in [0, 0.1) is 0 Å². The number of hydrogen-bond donors (Lipinski definition) is 2. The highest BCUT2D eigenvalue weighted by molar-refractivity contribution is 5.95. The van der Waals surface area contributed by atoms with Gasteiger partial charge in [0.25, 0.3) is 5.91 Å². The van der Waals surface area contributed by atoms with Crippen molar-refractivity contribution in [1.82, 2.24) is 10.3 Å². The Morgan fingerprint density at radius 1 is 1.11 bits per heavy atom. The molecule has 0 aliphatic heterocycles. The maximum Gasteiger partial charge on any atom is 0.253 e. The maximum atomic E-state index is 11.9. The Morgan fingerprint density at radius 2 is 1.89 bits per heavy atom. The van der Waals surface area contributed by atoms with Crippen LogP contribution in [0.25, 0.3) is 0 Å². The van der Waals surface area contributed by atoms with E-state index in [1.54, 1.807) is 12.4 Å². The molecular formula is C15H15N3O. The lowest BCUT2D eigenvalue weighted by atomic mass is 10.2. The molecule has 3 rings (SSSR count). The van der Waals surface area contributed by atoms with Gasteiger partial charge in [-0.15, -0.1) is 0 Å². The van der Waals surface area contributed by atoms with Gasteiger partial charge >= 0.3 is 0 Å². The summed E-state index contributed by atoms with van der Waals surface area (Å²) in [6.07, 6.45) is 5.47. The topological polar surface area (TPSA) is 54.0 Å². The number of nitrogens with zero attached hydrogens (tertiary/aromatic N) is 1. The molecule has 0 bridgehead atoms. The smallest absolute Gasteiger partial charge is 0.253 e. The van der Waals surface area contributed by atoms with Gasteiger partial charge < -0.3 is 10.6 Å². The van der Waals surface area contributed by atoms with E-state index in [1.807, 2.05) is 36.4 Å². The van der Waals surface area contributed by atoms with Crippen LogP contribution in [-0.4, -0.2) is 16.9 Å². The molecule has 0 saturated heterocycles. The van der Waals surface area contributed by atoms with Gasteiger partial charge in [0, 0.05) is 17.9 Å². The van der Waals surface area contributed by atoms with Gasteiger partial charge in [0.1, 0.15) is 0 Å². The highest BCUT2D eigenvalue weighted by Crippen LogP contribution is 2.20. The second kappa shape index (κ2) is 5.10. The summed E-state index contributed by atoms with van der Waals surface area (Å²) in [5.41, 5.74) is 2.38. The predicted molar refractivity (Wildman–Crippen MR) is 74.4 cm³/mol. The standard InChI is InChI=1S/C15H15N3O/c19-15(18-13-6-7-13)11-8-14(10-16-9-11)17-12-4-2-1-3-5-12/h1-5,8-10,13,17H,6-7H2,(H,18,19). The Morgan fingerprint density at radius 3 is 2.63 bits per heavy atom. The number of amides is 1. The van der Waals surface area contributed by atoms with E-state index in [2.05, 4.69) is 15.6 Å². The lowest BCUT2D eigenvalue weighted by Gasteiger charge is -2.08. The van der Waals surface area contributed by atoms with Gasteiger partial charge in [-0.3, -0.25) is 9.78 Å². The fourth-order valence-electron chi connectivity index (χ4n) is 1.82. The van der Waals surface area contributed by atoms with Crippen molar-refractivity contribution in [1.29, 1.82) is 0 Å². The molecule has 1 aromatic heterocycles. The number of carbonyl (C=O) groups is 1. The molecule has 2 aromatic rings. The van der Waals surface area contributed by atoms with Gasteiger partial charge in [-0.1, -0.05) is 18.2 Å². The van der Waals surface area contributed by atoms with Crippen molar-refractivity contribution in [3.8, 4) is 0 Å². The third kappa shape index (κ3) is 3.10. The summed E-state index contributed by atoms with van der Waals surface area (Å²) < 4.78 is 0. The summed E-state index contributed by atoms with van der Waals surface area (Å²) in [5, 5.41) is 6.18. The highest BCUT2D eigenvalue weighted by atomic mass is 16.1. The zero-order valence-electron chi connectivity index (χ0n) is 10.5. The number of nitrogens with one attached hydrogen (secondary N) is 2. The van der Waals surface area contributed by atoms with Crippen LogP contribution in [0.5, 0.6) is 0 Å². The average molecular weight is 253 g/mol. The molecule has 1 aromatic carbocycles. The van der Waals surface area contributed by atoms with E-state index in [-0.39, 0.29) is 5.91 Å². The minimum Gasteiger partial charge on any atom is -0.354 e. The van der Waals surface area contributed by atoms with E-state index in [4.69, 9.17) is 0 Å². The number of benzene rings is 1. The van der Waals surface area contributed by atoms with Crippen LogP contribution in [0.3, 0.4) is 0 Å². The molecule has 2 N–H and O–H groups in total. The summed E-state index contributed by atoms with van der Waals surface area (Å²) >= 11 is 0. The van der Waals surface area contributed by atoms with Gasteiger partial charge in [-0.25, -0.2) is 0 Å². The van der Waals surface area contributed by atoms with E-state index >= 15 is 0 Å². The number of pyridine rings is 1. The van der Waals surface area contributed by atoms with Crippen molar-refractivity contribution < 1.29 is 4.79 Å². The monoisotopic (exact) mass is 253 g/mol. The van der Waals surface area contributed by atoms with E-state index in [0.29, 0.717) is 11.6 Å². The number of carbonyl (C=O) groups excluding carboxylic acids is 1. The molecule has 1 amide bonds. The van der Waals surface area contributed by atoms with E-state index in [9.17, 15) is 4.79 Å². The Hall–Kier alpha value is -2.36. The van der Waals surface area contributed by atoms with Crippen molar-refractivity contribution in [2.75, 3.05) is 5.32 Å². The van der Waals surface area contributed by atoms with Crippen LogP contribution in [0.4, 0.5) is 11.4 Å². The fourth-order valence-corrected chi connectivity index (χ4v) is 1.82. The van der Waals surface area contributed by atoms with Crippen molar-refractivity contribution >= 4 is 17.3 Å². The lowest BCUT2D eigenvalue weighted by Crippen LogP contribution is -2.25. The van der Waals surface area contributed by atoms with E-state index < -0.39 is 0 Å². The summed E-state index contributed by atoms with van der Waals surface area (Å²) in [5.74, 6) is -0.0493. The van der Waals surface area contributed by atoms with Crippen LogP contribution in [0.2, 0.25) is 0 Å². The predicted octanol–water partition coefficient (Wildman–Crippen LogP) is 2.72. The Labute approximate surface area is 111 Å². The first-order chi connectivity index (χ1) is 9.31. The molecule has 1 aliphatic carbocycles. The summed E-state index contributed by atoms with van der Waals surface area (Å²) in [6, 6.07) is 12.0. The molecule has 4 nitrogen and oxygen atoms in total. The number of para-hydroxylation sites is 1. The first-order valence-electron chi connectivity index (χ1n) is 6.39. The lowest BCUT2D eigenvalue weighted by molar-refractivity contribution is 0.0951. The minimum atomic E-state index is -0.0493. The largest absolute Gasteiger partial charge is 0.354 e. The van der Waals surface area contributed by atoms with Crippen LogP contribution in [0.15, 0.2) is 48.8 Å². The molecule has 1 saturated carbocycles. The minimum absolute atomic E-state index is 0.0493. The third-order valence-electron chi connectivity index (χ3n) is 2.98. The molecule has 19 heavy (non-hydrogen) atoms. The van der Waals surface area contributed by atoms with Crippen molar-refractivity contribution in [3.05, 3.63) is 54.4 Å². The second-order valence-electron chi connectivity index (χ2n) is 4.70. The van der Waals surface area contributed by atoms with Gasteiger partial charge in [-0.2, -0.15) is 0 Å². The first-order valence-corrected chi connectivity index (χ1v) is 6.39. The van der Waals surface area contributed by atoms with E-state index in [0.717, 1.165) is 24.2 Å². The summed E-state index contributed by atoms with van der Waals surface area (Å²) in [4.78, 5) is 16.0. The van der Waals surface area contributed by atoms with Crippen LogP contribution in [0.1, 0.15) is 23.2 Å². The number of hydrogen-bond acceptors (Lipinski definition) is 3. The molecule has 0 radical (unpaired) electrons. The fraction of sp³-hybridized carbons (Fsp3) is 0.200. The van der Waals surface area contributed by atoms with Crippen molar-refractivity contribution in [2.24, 2.45) is 0 Å². The van der Waals surface area contributed by atoms with E-state index in [1.165, 1.54) is 0 Å². The zero-order chi connectivity index (χ0) is 13.1. The Kier molecular flexibility index (Phi) is 3.14. The van der Waals surface area contributed by atoms with Gasteiger partial charge in [0.05, 0.1) is 17.4 Å². The highest BCUT2D eigenvalue weighted by Gasteiger charge is 2.23. The summed E-state index contributed by atoms with van der Waals surface area (Å²) in [6.45, 7) is 0. The molecule has 4 heteroatoms. The molecular weight excluding hydrogens is 238 g/mol. The molecule has 1 heterocycles. The maximum absolute atomic E-state index is 11.9. The van der Waals surface area contributed by atoms with Crippen molar-refractivity contribution in [3.63, 3.8) is 0 Å². The molecule has 0 unspecified atom stereocenters. The Bertz CT molecular complexity index is 579. The molecule has 0 spiro atoms. The number of aromatic nitrogens is 1. The SMILES string of the molecule is O=C(NC1CC1)c1cncc(Nc2ccccc2)c1. The third-order valence-corrected chi connectivity index (χ3v) is 2.98. The molecule has 1 aliphatic rings. The quantitative estimate of drug-likeness (QED) is 0.880. The average Bonchev–Trinajstić information content (AvgIpc) is 3.24. The molecule has 1 fully saturated rings. The van der Waals surface area contributed by atoms with Crippen LogP contribution >= 0.6 is 0 Å². The Balaban J connectivity index is 1.73. The summed E-state index contributed by atoms with van der Waals surface area (Å²) in [7, 11) is 0. The van der Waals surface area contributed by atoms with Gasteiger partial charge in [0.2, 0.25) is 0 Å². The second-order valence-corrected chi connectivity index (χ2v) is 4.70. The zero-order valence-corrected chi connectivity index (χ0v) is 10.5. The van der Waals surface area contributed by atoms with Crippen LogP contribution < -0.4 is 10.6 Å². The molecule has 0 atom stereocenters. The molecule has 96 valence electrons. The normalized spacial score (nSPS) is 13.9.